The Balaban J connectivity index is 2.34. The van der Waals surface area contributed by atoms with Crippen LogP contribution in [0.2, 0.25) is 0 Å². The maximum absolute atomic E-state index is 14.1. The molecule has 1 heterocycles. The number of thiazole rings is 1. The number of benzene rings is 1. The third kappa shape index (κ3) is 2.97. The maximum atomic E-state index is 14.1. The summed E-state index contributed by atoms with van der Waals surface area (Å²) < 4.78 is 27.9. The van der Waals surface area contributed by atoms with Crippen LogP contribution in [-0.4, -0.2) is 4.98 Å². The molecule has 0 aliphatic rings. The first-order valence-electron chi connectivity index (χ1n) is 5.84. The Morgan fingerprint density at radius 1 is 1.37 bits per heavy atom. The van der Waals surface area contributed by atoms with Crippen molar-refractivity contribution in [3.63, 3.8) is 0 Å². The minimum Gasteiger partial charge on any atom is -0.271 e. The highest BCUT2D eigenvalue weighted by Crippen LogP contribution is 2.26. The van der Waals surface area contributed by atoms with Gasteiger partial charge in [-0.25, -0.2) is 13.8 Å². The quantitative estimate of drug-likeness (QED) is 0.670. The first kappa shape index (κ1) is 14.0. The van der Waals surface area contributed by atoms with Crippen molar-refractivity contribution in [3.8, 4) is 0 Å². The van der Waals surface area contributed by atoms with Gasteiger partial charge in [-0.05, 0) is 25.5 Å². The number of aryl methyl sites for hydroxylation is 2. The fourth-order valence-corrected chi connectivity index (χ4v) is 2.58. The fraction of sp³-hybridized carbons (Fsp3) is 0.308. The Morgan fingerprint density at radius 3 is 2.68 bits per heavy atom. The predicted octanol–water partition coefficient (Wildman–Crippen LogP) is 2.79. The van der Waals surface area contributed by atoms with Gasteiger partial charge in [0, 0.05) is 17.4 Å². The van der Waals surface area contributed by atoms with Gasteiger partial charge in [0.15, 0.2) is 0 Å². The summed E-state index contributed by atoms with van der Waals surface area (Å²) in [4.78, 5) is 4.28. The van der Waals surface area contributed by atoms with Crippen molar-refractivity contribution in [2.75, 3.05) is 0 Å². The van der Waals surface area contributed by atoms with Crippen molar-refractivity contribution in [2.45, 2.75) is 26.3 Å². The van der Waals surface area contributed by atoms with Gasteiger partial charge in [-0.15, -0.1) is 11.3 Å². The van der Waals surface area contributed by atoms with E-state index < -0.39 is 17.7 Å². The molecule has 1 aromatic heterocycles. The highest BCUT2D eigenvalue weighted by atomic mass is 32.1. The number of nitrogens with one attached hydrogen (secondary N) is 1. The topological polar surface area (TPSA) is 50.9 Å². The lowest BCUT2D eigenvalue weighted by atomic mass is 9.99. The van der Waals surface area contributed by atoms with Crippen molar-refractivity contribution >= 4 is 11.3 Å². The summed E-state index contributed by atoms with van der Waals surface area (Å²) in [6, 6.07) is 2.03. The van der Waals surface area contributed by atoms with Crippen LogP contribution < -0.4 is 11.3 Å². The minimum atomic E-state index is -0.638. The van der Waals surface area contributed by atoms with E-state index in [2.05, 4.69) is 10.4 Å². The van der Waals surface area contributed by atoms with Crippen LogP contribution in [0.15, 0.2) is 17.5 Å². The van der Waals surface area contributed by atoms with E-state index in [1.54, 1.807) is 6.92 Å². The van der Waals surface area contributed by atoms with Crippen LogP contribution in [-0.2, 0) is 6.42 Å². The van der Waals surface area contributed by atoms with Crippen LogP contribution >= 0.6 is 11.3 Å². The summed E-state index contributed by atoms with van der Waals surface area (Å²) in [6.45, 7) is 3.48. The Morgan fingerprint density at radius 2 is 2.11 bits per heavy atom. The molecule has 0 aliphatic heterocycles. The van der Waals surface area contributed by atoms with Crippen LogP contribution in [0.25, 0.3) is 0 Å². The molecule has 6 heteroatoms. The van der Waals surface area contributed by atoms with Gasteiger partial charge < -0.3 is 0 Å². The van der Waals surface area contributed by atoms with Gasteiger partial charge in [-0.2, -0.15) is 0 Å². The molecule has 1 atom stereocenters. The van der Waals surface area contributed by atoms with Gasteiger partial charge in [0.25, 0.3) is 0 Å². The normalized spacial score (nSPS) is 12.7. The second-order valence-corrected chi connectivity index (χ2v) is 5.44. The van der Waals surface area contributed by atoms with Gasteiger partial charge in [0.1, 0.15) is 11.6 Å². The van der Waals surface area contributed by atoms with Crippen LogP contribution in [0.5, 0.6) is 0 Å². The number of nitrogens with zero attached hydrogens (tertiary/aromatic N) is 1. The lowest BCUT2D eigenvalue weighted by Gasteiger charge is -2.17. The molecule has 19 heavy (non-hydrogen) atoms. The summed E-state index contributed by atoms with van der Waals surface area (Å²) in [5, 5.41) is 2.78. The van der Waals surface area contributed by atoms with Crippen molar-refractivity contribution in [1.29, 1.82) is 0 Å². The van der Waals surface area contributed by atoms with Gasteiger partial charge in [-0.3, -0.25) is 11.3 Å². The number of rotatable bonds is 4. The molecule has 1 unspecified atom stereocenters. The molecule has 0 saturated carbocycles. The molecule has 0 bridgehead atoms. The molecule has 3 nitrogen and oxygen atoms in total. The Kier molecular flexibility index (Phi) is 4.24. The average Bonchev–Trinajstić information content (AvgIpc) is 2.78. The average molecular weight is 283 g/mol. The van der Waals surface area contributed by atoms with E-state index in [4.69, 9.17) is 5.84 Å². The van der Waals surface area contributed by atoms with E-state index >= 15 is 0 Å². The van der Waals surface area contributed by atoms with Crippen LogP contribution in [0.3, 0.4) is 0 Å². The summed E-state index contributed by atoms with van der Waals surface area (Å²) in [5.41, 5.74) is 3.60. The van der Waals surface area contributed by atoms with E-state index in [9.17, 15) is 8.78 Å². The molecule has 0 saturated heterocycles. The largest absolute Gasteiger partial charge is 0.271 e. The Hall–Kier alpha value is -1.37. The highest BCUT2D eigenvalue weighted by molar-refractivity contribution is 7.09. The Bertz CT molecular complexity index is 583. The number of hydrogen-bond donors (Lipinski definition) is 2. The van der Waals surface area contributed by atoms with Crippen molar-refractivity contribution in [3.05, 3.63) is 51.0 Å². The highest BCUT2D eigenvalue weighted by Gasteiger charge is 2.21. The lowest BCUT2D eigenvalue weighted by Crippen LogP contribution is -2.31. The van der Waals surface area contributed by atoms with Crippen molar-refractivity contribution in [2.24, 2.45) is 5.84 Å². The smallest absolute Gasteiger partial charge is 0.133 e. The summed E-state index contributed by atoms with van der Waals surface area (Å²) in [7, 11) is 0. The van der Waals surface area contributed by atoms with E-state index in [0.717, 1.165) is 10.7 Å². The zero-order valence-corrected chi connectivity index (χ0v) is 11.5. The van der Waals surface area contributed by atoms with E-state index in [1.165, 1.54) is 23.5 Å². The van der Waals surface area contributed by atoms with Gasteiger partial charge in [0.05, 0.1) is 16.7 Å². The monoisotopic (exact) mass is 283 g/mol. The van der Waals surface area contributed by atoms with Crippen LogP contribution in [0.1, 0.15) is 27.9 Å². The molecule has 1 aromatic carbocycles. The number of nitrogens with two attached hydrogens (primary N) is 1. The summed E-state index contributed by atoms with van der Waals surface area (Å²) in [6.07, 6.45) is 0.345. The molecule has 102 valence electrons. The first-order chi connectivity index (χ1) is 9.02. The third-order valence-corrected chi connectivity index (χ3v) is 3.77. The number of aromatic nitrogens is 1. The SMILES string of the molecule is Cc1nc(CC(NN)c2c(F)ccc(C)c2F)cs1. The number of halogens is 2. The first-order valence-corrected chi connectivity index (χ1v) is 6.72. The third-order valence-electron chi connectivity index (χ3n) is 2.95. The molecule has 0 radical (unpaired) electrons. The second-order valence-electron chi connectivity index (χ2n) is 4.37. The fourth-order valence-electron chi connectivity index (χ4n) is 1.95. The minimum absolute atomic E-state index is 0.0341. The molecule has 2 aromatic rings. The van der Waals surface area contributed by atoms with Crippen molar-refractivity contribution in [1.82, 2.24) is 10.4 Å². The van der Waals surface area contributed by atoms with Gasteiger partial charge in [-0.1, -0.05) is 6.07 Å². The molecule has 2 rings (SSSR count). The van der Waals surface area contributed by atoms with E-state index in [-0.39, 0.29) is 5.56 Å². The predicted molar refractivity (Wildman–Crippen MR) is 71.7 cm³/mol. The molecule has 0 aliphatic carbocycles. The molecule has 3 N–H and O–H groups in total. The van der Waals surface area contributed by atoms with Gasteiger partial charge in [0.2, 0.25) is 0 Å². The Labute approximate surface area is 114 Å². The molecular weight excluding hydrogens is 268 g/mol. The van der Waals surface area contributed by atoms with Crippen molar-refractivity contribution < 1.29 is 8.78 Å². The van der Waals surface area contributed by atoms with Crippen LogP contribution in [0.4, 0.5) is 8.78 Å². The molecule has 0 spiro atoms. The lowest BCUT2D eigenvalue weighted by molar-refractivity contribution is 0.468. The maximum Gasteiger partial charge on any atom is 0.133 e. The van der Waals surface area contributed by atoms with Gasteiger partial charge >= 0.3 is 0 Å². The zero-order chi connectivity index (χ0) is 14.0. The summed E-state index contributed by atoms with van der Waals surface area (Å²) >= 11 is 1.50. The molecule has 0 amide bonds. The molecular formula is C13H15F2N3S. The molecule has 0 fully saturated rings. The standard InChI is InChI=1S/C13H15F2N3S/c1-7-3-4-10(14)12(13(7)15)11(18-16)5-9-6-19-8(2)17-9/h3-4,6,11,18H,5,16H2,1-2H3. The van der Waals surface area contributed by atoms with E-state index in [1.807, 2.05) is 12.3 Å². The van der Waals surface area contributed by atoms with Crippen LogP contribution in [0, 0.1) is 25.5 Å². The number of hydrogen-bond acceptors (Lipinski definition) is 4. The summed E-state index contributed by atoms with van der Waals surface area (Å²) in [5.74, 6) is 4.28. The number of hydrazine groups is 1. The zero-order valence-electron chi connectivity index (χ0n) is 10.7. The second kappa shape index (κ2) is 5.73. The van der Waals surface area contributed by atoms with E-state index in [0.29, 0.717) is 12.0 Å².